The van der Waals surface area contributed by atoms with Crippen LogP contribution in [0.4, 0.5) is 0 Å². The second-order valence-corrected chi connectivity index (χ2v) is 6.67. The van der Waals surface area contributed by atoms with Crippen molar-refractivity contribution in [2.24, 2.45) is 11.7 Å². The van der Waals surface area contributed by atoms with Crippen molar-refractivity contribution in [1.82, 2.24) is 4.72 Å². The van der Waals surface area contributed by atoms with Crippen LogP contribution < -0.4 is 10.5 Å². The SMILES string of the molecule is CCOC(=O)c1ccc(S(=O)(=O)NC(CN)CC(C)C)o1. The molecule has 1 aromatic heterocycles. The highest BCUT2D eigenvalue weighted by molar-refractivity contribution is 7.89. The van der Waals surface area contributed by atoms with E-state index in [2.05, 4.69) is 4.72 Å². The number of sulfonamides is 1. The minimum absolute atomic E-state index is 0.148. The standard InChI is InChI=1S/C13H22N2O5S/c1-4-19-13(16)11-5-6-12(20-11)21(17,18)15-10(8-14)7-9(2)3/h5-6,9-10,15H,4,7-8,14H2,1-3H3. The van der Waals surface area contributed by atoms with Gasteiger partial charge in [0.15, 0.2) is 0 Å². The van der Waals surface area contributed by atoms with E-state index < -0.39 is 16.0 Å². The van der Waals surface area contributed by atoms with Crippen molar-refractivity contribution in [1.29, 1.82) is 0 Å². The summed E-state index contributed by atoms with van der Waals surface area (Å²) in [5.74, 6) is -0.546. The first-order valence-electron chi connectivity index (χ1n) is 6.79. The quantitative estimate of drug-likeness (QED) is 0.694. The summed E-state index contributed by atoms with van der Waals surface area (Å²) in [5, 5.41) is -0.326. The van der Waals surface area contributed by atoms with E-state index in [-0.39, 0.29) is 30.0 Å². The van der Waals surface area contributed by atoms with Crippen LogP contribution in [0, 0.1) is 5.92 Å². The molecule has 0 saturated carbocycles. The summed E-state index contributed by atoms with van der Waals surface area (Å²) in [7, 11) is -3.85. The molecule has 0 bridgehead atoms. The number of esters is 1. The fourth-order valence-corrected chi connectivity index (χ4v) is 3.01. The normalized spacial score (nSPS) is 13.4. The molecule has 1 aromatic rings. The molecule has 8 heteroatoms. The Bertz CT molecular complexity index is 565. The molecule has 0 aliphatic heterocycles. The number of carbonyl (C=O) groups is 1. The molecular weight excluding hydrogens is 296 g/mol. The highest BCUT2D eigenvalue weighted by Gasteiger charge is 2.25. The van der Waals surface area contributed by atoms with Gasteiger partial charge >= 0.3 is 5.97 Å². The van der Waals surface area contributed by atoms with Crippen LogP contribution in [-0.4, -0.2) is 33.6 Å². The summed E-state index contributed by atoms with van der Waals surface area (Å²) < 4.78 is 36.6. The van der Waals surface area contributed by atoms with Crippen LogP contribution in [0.3, 0.4) is 0 Å². The zero-order chi connectivity index (χ0) is 16.0. The van der Waals surface area contributed by atoms with E-state index >= 15 is 0 Å². The average Bonchev–Trinajstić information content (AvgIpc) is 2.87. The molecule has 0 amide bonds. The molecule has 1 rings (SSSR count). The Balaban J connectivity index is 2.85. The summed E-state index contributed by atoms with van der Waals surface area (Å²) in [5.41, 5.74) is 5.57. The van der Waals surface area contributed by atoms with E-state index in [0.717, 1.165) is 0 Å². The van der Waals surface area contributed by atoms with Crippen LogP contribution >= 0.6 is 0 Å². The summed E-state index contributed by atoms with van der Waals surface area (Å²) >= 11 is 0. The molecule has 1 heterocycles. The summed E-state index contributed by atoms with van der Waals surface area (Å²) in [4.78, 5) is 11.5. The number of carbonyl (C=O) groups excluding carboxylic acids is 1. The fourth-order valence-electron chi connectivity index (χ4n) is 1.82. The van der Waals surface area contributed by atoms with E-state index in [1.54, 1.807) is 6.92 Å². The number of hydrogen-bond donors (Lipinski definition) is 2. The molecule has 0 aliphatic rings. The van der Waals surface area contributed by atoms with Crippen molar-refractivity contribution in [2.45, 2.75) is 38.3 Å². The van der Waals surface area contributed by atoms with Gasteiger partial charge < -0.3 is 14.9 Å². The van der Waals surface area contributed by atoms with Crippen molar-refractivity contribution >= 4 is 16.0 Å². The van der Waals surface area contributed by atoms with Gasteiger partial charge in [-0.05, 0) is 31.4 Å². The molecule has 0 spiro atoms. The number of rotatable bonds is 8. The highest BCUT2D eigenvalue weighted by atomic mass is 32.2. The number of nitrogens with one attached hydrogen (secondary N) is 1. The van der Waals surface area contributed by atoms with Crippen LogP contribution in [-0.2, 0) is 14.8 Å². The molecule has 0 radical (unpaired) electrons. The molecule has 1 unspecified atom stereocenters. The van der Waals surface area contributed by atoms with Gasteiger partial charge in [0.25, 0.3) is 10.0 Å². The fraction of sp³-hybridized carbons (Fsp3) is 0.615. The first-order chi connectivity index (χ1) is 9.80. The first-order valence-corrected chi connectivity index (χ1v) is 8.27. The third kappa shape index (κ3) is 5.14. The maximum absolute atomic E-state index is 12.2. The maximum atomic E-state index is 12.2. The van der Waals surface area contributed by atoms with E-state index in [4.69, 9.17) is 14.9 Å². The zero-order valence-corrected chi connectivity index (χ0v) is 13.3. The number of hydrogen-bond acceptors (Lipinski definition) is 6. The molecule has 21 heavy (non-hydrogen) atoms. The number of furan rings is 1. The lowest BCUT2D eigenvalue weighted by molar-refractivity contribution is 0.0484. The van der Waals surface area contributed by atoms with Crippen LogP contribution in [0.1, 0.15) is 37.7 Å². The van der Waals surface area contributed by atoms with Gasteiger partial charge in [-0.3, -0.25) is 0 Å². The molecule has 0 aromatic carbocycles. The monoisotopic (exact) mass is 318 g/mol. The lowest BCUT2D eigenvalue weighted by Crippen LogP contribution is -2.40. The smallest absolute Gasteiger partial charge is 0.374 e. The average molecular weight is 318 g/mol. The minimum Gasteiger partial charge on any atom is -0.460 e. The predicted molar refractivity (Wildman–Crippen MR) is 77.3 cm³/mol. The Labute approximate surface area is 124 Å². The summed E-state index contributed by atoms with van der Waals surface area (Å²) in [6, 6.07) is 2.11. The first kappa shape index (κ1) is 17.7. The lowest BCUT2D eigenvalue weighted by Gasteiger charge is -2.17. The van der Waals surface area contributed by atoms with Gasteiger partial charge in [-0.1, -0.05) is 13.8 Å². The Morgan fingerprint density at radius 3 is 2.62 bits per heavy atom. The predicted octanol–water partition coefficient (Wildman–Crippen LogP) is 1.11. The van der Waals surface area contributed by atoms with Gasteiger partial charge in [-0.15, -0.1) is 0 Å². The molecule has 7 nitrogen and oxygen atoms in total. The van der Waals surface area contributed by atoms with Crippen molar-refractivity contribution < 1.29 is 22.4 Å². The Morgan fingerprint density at radius 1 is 1.43 bits per heavy atom. The molecule has 1 atom stereocenters. The van der Waals surface area contributed by atoms with Gasteiger partial charge in [-0.2, -0.15) is 0 Å². The molecule has 0 fully saturated rings. The van der Waals surface area contributed by atoms with Crippen molar-refractivity contribution in [3.05, 3.63) is 17.9 Å². The van der Waals surface area contributed by atoms with Crippen LogP contribution in [0.5, 0.6) is 0 Å². The molecule has 120 valence electrons. The summed E-state index contributed by atoms with van der Waals surface area (Å²) in [6.07, 6.45) is 0.612. The third-order valence-electron chi connectivity index (χ3n) is 2.69. The van der Waals surface area contributed by atoms with Gasteiger partial charge in [0.2, 0.25) is 10.9 Å². The molecule has 3 N–H and O–H groups in total. The Morgan fingerprint density at radius 2 is 2.10 bits per heavy atom. The Kier molecular flexibility index (Phi) is 6.38. The van der Waals surface area contributed by atoms with Crippen molar-refractivity contribution in [3.63, 3.8) is 0 Å². The molecular formula is C13H22N2O5S. The number of nitrogens with two attached hydrogens (primary N) is 1. The zero-order valence-electron chi connectivity index (χ0n) is 12.5. The Hall–Kier alpha value is -1.38. The third-order valence-corrected chi connectivity index (χ3v) is 4.08. The van der Waals surface area contributed by atoms with Crippen LogP contribution in [0.15, 0.2) is 21.6 Å². The van der Waals surface area contributed by atoms with E-state index in [9.17, 15) is 13.2 Å². The van der Waals surface area contributed by atoms with Crippen molar-refractivity contribution in [3.8, 4) is 0 Å². The largest absolute Gasteiger partial charge is 0.460 e. The highest BCUT2D eigenvalue weighted by Crippen LogP contribution is 2.16. The second kappa shape index (κ2) is 7.58. The van der Waals surface area contributed by atoms with Gasteiger partial charge in [0.1, 0.15) is 0 Å². The van der Waals surface area contributed by atoms with E-state index in [1.165, 1.54) is 12.1 Å². The topological polar surface area (TPSA) is 112 Å². The van der Waals surface area contributed by atoms with E-state index in [1.807, 2.05) is 13.8 Å². The van der Waals surface area contributed by atoms with Gasteiger partial charge in [-0.25, -0.2) is 17.9 Å². The van der Waals surface area contributed by atoms with Crippen LogP contribution in [0.25, 0.3) is 0 Å². The number of ether oxygens (including phenoxy) is 1. The molecule has 0 aliphatic carbocycles. The maximum Gasteiger partial charge on any atom is 0.374 e. The van der Waals surface area contributed by atoms with Crippen molar-refractivity contribution in [2.75, 3.05) is 13.2 Å². The van der Waals surface area contributed by atoms with Gasteiger partial charge in [0.05, 0.1) is 6.61 Å². The lowest BCUT2D eigenvalue weighted by atomic mass is 10.1. The molecule has 0 saturated heterocycles. The van der Waals surface area contributed by atoms with Crippen LogP contribution in [0.2, 0.25) is 0 Å². The van der Waals surface area contributed by atoms with Gasteiger partial charge in [0, 0.05) is 12.6 Å². The second-order valence-electron chi connectivity index (χ2n) is 5.02. The minimum atomic E-state index is -3.85. The summed E-state index contributed by atoms with van der Waals surface area (Å²) in [6.45, 7) is 5.97. The van der Waals surface area contributed by atoms with E-state index in [0.29, 0.717) is 12.3 Å².